The van der Waals surface area contributed by atoms with Gasteiger partial charge in [0.1, 0.15) is 0 Å². The Labute approximate surface area is 184 Å². The third-order valence-electron chi connectivity index (χ3n) is 5.45. The van der Waals surface area contributed by atoms with E-state index >= 15 is 0 Å². The van der Waals surface area contributed by atoms with Crippen molar-refractivity contribution in [2.45, 2.75) is 36.8 Å². The topological polar surface area (TPSA) is 50.3 Å². The van der Waals surface area contributed by atoms with Crippen molar-refractivity contribution in [3.63, 3.8) is 0 Å². The number of aromatic nitrogens is 1. The van der Waals surface area contributed by atoms with Gasteiger partial charge in [-0.3, -0.25) is 0 Å². The fourth-order valence-corrected chi connectivity index (χ4v) is 6.59. The Balaban J connectivity index is 1.47. The fraction of sp³-hybridized carbons (Fsp3) is 0.318. The van der Waals surface area contributed by atoms with Crippen molar-refractivity contribution in [1.82, 2.24) is 4.98 Å². The van der Waals surface area contributed by atoms with Crippen LogP contribution in [-0.2, 0) is 9.84 Å². The molecule has 0 saturated carbocycles. The number of benzene rings is 2. The number of aryl methyl sites for hydroxylation is 2. The lowest BCUT2D eigenvalue weighted by atomic mass is 10.0. The van der Waals surface area contributed by atoms with E-state index in [2.05, 4.69) is 58.3 Å². The van der Waals surface area contributed by atoms with Crippen LogP contribution in [0.5, 0.6) is 0 Å². The maximum absolute atomic E-state index is 13.0. The molecule has 0 spiro atoms. The molecule has 1 aliphatic rings. The Kier molecular flexibility index (Phi) is 5.82. The van der Waals surface area contributed by atoms with Gasteiger partial charge in [0, 0.05) is 28.5 Å². The quantitative estimate of drug-likeness (QED) is 0.475. The molecule has 0 atom stereocenters. The molecular weight excluding hydrogens is 468 g/mol. The smallest absolute Gasteiger partial charge is 0.185 e. The summed E-state index contributed by atoms with van der Waals surface area (Å²) >= 11 is 4.99. The average Bonchev–Trinajstić information content (AvgIpc) is 3.20. The third-order valence-corrected chi connectivity index (χ3v) is 9.16. The van der Waals surface area contributed by atoms with Crippen molar-refractivity contribution in [3.8, 4) is 11.3 Å². The van der Waals surface area contributed by atoms with Crippen molar-refractivity contribution in [3.05, 3.63) is 63.4 Å². The molecule has 1 fully saturated rings. The largest absolute Gasteiger partial charge is 0.348 e. The molecule has 7 heteroatoms. The number of hydrogen-bond donors (Lipinski definition) is 0. The molecule has 29 heavy (non-hydrogen) atoms. The van der Waals surface area contributed by atoms with Crippen molar-refractivity contribution < 1.29 is 8.42 Å². The van der Waals surface area contributed by atoms with E-state index in [1.54, 1.807) is 35.6 Å². The van der Waals surface area contributed by atoms with Crippen molar-refractivity contribution in [2.75, 3.05) is 18.0 Å². The third kappa shape index (κ3) is 4.27. The molecule has 2 aromatic carbocycles. The number of hydrogen-bond acceptors (Lipinski definition) is 5. The Morgan fingerprint density at radius 2 is 1.76 bits per heavy atom. The van der Waals surface area contributed by atoms with E-state index < -0.39 is 9.84 Å². The first-order chi connectivity index (χ1) is 13.8. The lowest BCUT2D eigenvalue weighted by Gasteiger charge is -2.31. The van der Waals surface area contributed by atoms with Gasteiger partial charge in [-0.05, 0) is 62.6 Å². The molecule has 0 N–H and O–H groups in total. The number of anilines is 1. The van der Waals surface area contributed by atoms with E-state index in [-0.39, 0.29) is 5.25 Å². The first kappa shape index (κ1) is 20.6. The predicted octanol–water partition coefficient (Wildman–Crippen LogP) is 5.63. The van der Waals surface area contributed by atoms with Crippen LogP contribution in [-0.4, -0.2) is 31.7 Å². The van der Waals surface area contributed by atoms with Crippen LogP contribution >= 0.6 is 27.3 Å². The second kappa shape index (κ2) is 8.20. The summed E-state index contributed by atoms with van der Waals surface area (Å²) in [4.78, 5) is 7.47. The Hall–Kier alpha value is -1.70. The second-order valence-corrected chi connectivity index (χ2v) is 11.5. The van der Waals surface area contributed by atoms with E-state index in [1.807, 2.05) is 0 Å². The fourth-order valence-electron chi connectivity index (χ4n) is 3.72. The molecule has 0 radical (unpaired) electrons. The highest BCUT2D eigenvalue weighted by Gasteiger charge is 2.32. The van der Waals surface area contributed by atoms with Crippen LogP contribution in [0.3, 0.4) is 0 Å². The van der Waals surface area contributed by atoms with Crippen molar-refractivity contribution >= 4 is 42.2 Å². The summed E-state index contributed by atoms with van der Waals surface area (Å²) in [5.41, 5.74) is 4.60. The maximum atomic E-state index is 13.0. The molecule has 4 nitrogen and oxygen atoms in total. The molecule has 1 aromatic heterocycles. The average molecular weight is 491 g/mol. The van der Waals surface area contributed by atoms with E-state index in [0.717, 1.165) is 15.3 Å². The number of rotatable bonds is 4. The minimum atomic E-state index is -3.30. The first-order valence-electron chi connectivity index (χ1n) is 9.62. The number of sulfone groups is 1. The first-order valence-corrected chi connectivity index (χ1v) is 12.8. The number of halogens is 1. The number of piperidine rings is 1. The SMILES string of the molecule is Cc1ccc(C)c(-c2csc(N3CCC(S(=O)(=O)c4ccc(Br)cc4)CC3)n2)c1. The highest BCUT2D eigenvalue weighted by Crippen LogP contribution is 2.33. The minimum absolute atomic E-state index is 0.335. The van der Waals surface area contributed by atoms with E-state index in [0.29, 0.717) is 30.8 Å². The predicted molar refractivity (Wildman–Crippen MR) is 124 cm³/mol. The lowest BCUT2D eigenvalue weighted by Crippen LogP contribution is -2.39. The summed E-state index contributed by atoms with van der Waals surface area (Å²) in [6.45, 7) is 5.61. The summed E-state index contributed by atoms with van der Waals surface area (Å²) in [7, 11) is -3.30. The molecule has 0 bridgehead atoms. The summed E-state index contributed by atoms with van der Waals surface area (Å²) in [6, 6.07) is 13.3. The standard InChI is InChI=1S/C22H23BrN2O2S2/c1-15-3-4-16(2)20(13-15)21-14-28-22(24-21)25-11-9-19(10-12-25)29(26,27)18-7-5-17(23)6-8-18/h3-8,13-14,19H,9-12H2,1-2H3. The van der Waals surface area contributed by atoms with Gasteiger partial charge in [0.15, 0.2) is 15.0 Å². The van der Waals surface area contributed by atoms with E-state index in [4.69, 9.17) is 4.98 Å². The van der Waals surface area contributed by atoms with Crippen LogP contribution in [0.1, 0.15) is 24.0 Å². The monoisotopic (exact) mass is 490 g/mol. The van der Waals surface area contributed by atoms with Gasteiger partial charge in [0.2, 0.25) is 0 Å². The van der Waals surface area contributed by atoms with Crippen LogP contribution < -0.4 is 4.90 Å². The van der Waals surface area contributed by atoms with E-state index in [9.17, 15) is 8.42 Å². The Bertz CT molecular complexity index is 1120. The van der Waals surface area contributed by atoms with E-state index in [1.165, 1.54) is 16.7 Å². The minimum Gasteiger partial charge on any atom is -0.348 e. The van der Waals surface area contributed by atoms with Crippen LogP contribution in [0.15, 0.2) is 57.2 Å². The van der Waals surface area contributed by atoms with Gasteiger partial charge in [-0.15, -0.1) is 11.3 Å². The molecule has 1 aliphatic heterocycles. The van der Waals surface area contributed by atoms with Crippen molar-refractivity contribution in [2.24, 2.45) is 0 Å². The lowest BCUT2D eigenvalue weighted by molar-refractivity contribution is 0.529. The van der Waals surface area contributed by atoms with Crippen LogP contribution in [0.2, 0.25) is 0 Å². The molecule has 0 unspecified atom stereocenters. The summed E-state index contributed by atoms with van der Waals surface area (Å²) in [5.74, 6) is 0. The van der Waals surface area contributed by atoms with Crippen LogP contribution in [0.25, 0.3) is 11.3 Å². The van der Waals surface area contributed by atoms with Gasteiger partial charge in [-0.25, -0.2) is 13.4 Å². The highest BCUT2D eigenvalue weighted by molar-refractivity contribution is 9.10. The molecule has 2 heterocycles. The zero-order chi connectivity index (χ0) is 20.6. The Morgan fingerprint density at radius 3 is 2.45 bits per heavy atom. The Morgan fingerprint density at radius 1 is 1.07 bits per heavy atom. The molecule has 0 aliphatic carbocycles. The summed E-state index contributed by atoms with van der Waals surface area (Å²) < 4.78 is 26.8. The van der Waals surface area contributed by atoms with Crippen molar-refractivity contribution in [1.29, 1.82) is 0 Å². The van der Waals surface area contributed by atoms with Gasteiger partial charge < -0.3 is 4.90 Å². The maximum Gasteiger partial charge on any atom is 0.185 e. The summed E-state index contributed by atoms with van der Waals surface area (Å²) in [5, 5.41) is 2.74. The van der Waals surface area contributed by atoms with Gasteiger partial charge >= 0.3 is 0 Å². The number of nitrogens with zero attached hydrogens (tertiary/aromatic N) is 2. The highest BCUT2D eigenvalue weighted by atomic mass is 79.9. The zero-order valence-electron chi connectivity index (χ0n) is 16.4. The second-order valence-electron chi connectivity index (χ2n) is 7.52. The van der Waals surface area contributed by atoms with Gasteiger partial charge in [0.25, 0.3) is 0 Å². The molecule has 4 rings (SSSR count). The molecule has 3 aromatic rings. The van der Waals surface area contributed by atoms with Crippen LogP contribution in [0.4, 0.5) is 5.13 Å². The summed E-state index contributed by atoms with van der Waals surface area (Å²) in [6.07, 6.45) is 1.24. The molecule has 0 amide bonds. The van der Waals surface area contributed by atoms with Gasteiger partial charge in [0.05, 0.1) is 15.8 Å². The number of thiazole rings is 1. The van der Waals surface area contributed by atoms with Gasteiger partial charge in [-0.1, -0.05) is 33.6 Å². The zero-order valence-corrected chi connectivity index (χ0v) is 19.6. The molecule has 152 valence electrons. The normalized spacial score (nSPS) is 15.6. The molecule has 1 saturated heterocycles. The van der Waals surface area contributed by atoms with Gasteiger partial charge in [-0.2, -0.15) is 0 Å². The molecular formula is C22H23BrN2O2S2. The van der Waals surface area contributed by atoms with Crippen LogP contribution in [0, 0.1) is 13.8 Å².